The highest BCUT2D eigenvalue weighted by Crippen LogP contribution is 2.04. The van der Waals surface area contributed by atoms with Gasteiger partial charge in [0.1, 0.15) is 5.69 Å². The molecule has 7 nitrogen and oxygen atoms in total. The zero-order valence-corrected chi connectivity index (χ0v) is 10.9. The highest BCUT2D eigenvalue weighted by molar-refractivity contribution is 5.95. The van der Waals surface area contributed by atoms with Gasteiger partial charge in [0.15, 0.2) is 6.04 Å². The standard InChI is InChI=1S/C12H18N2O5/c1-8(15)10(12(17)18)13-11(16)9-4-3-5-14(9)6-7-19-2/h3-5,8,10,15H,6-7H2,1-2H3,(H,13,16)(H,17,18)/t8-,10+/m1/s1. The molecule has 0 spiro atoms. The Labute approximate surface area is 110 Å². The van der Waals surface area contributed by atoms with Gasteiger partial charge in [-0.3, -0.25) is 4.79 Å². The Bertz CT molecular complexity index is 441. The summed E-state index contributed by atoms with van der Waals surface area (Å²) >= 11 is 0. The third-order valence-corrected chi connectivity index (χ3v) is 2.63. The van der Waals surface area contributed by atoms with Crippen molar-refractivity contribution in [3.63, 3.8) is 0 Å². The largest absolute Gasteiger partial charge is 0.480 e. The van der Waals surface area contributed by atoms with Crippen molar-refractivity contribution in [2.75, 3.05) is 13.7 Å². The van der Waals surface area contributed by atoms with Crippen LogP contribution in [0.4, 0.5) is 0 Å². The van der Waals surface area contributed by atoms with Gasteiger partial charge in [-0.1, -0.05) is 0 Å². The second-order valence-corrected chi connectivity index (χ2v) is 4.11. The summed E-state index contributed by atoms with van der Waals surface area (Å²) in [5.74, 6) is -1.83. The average Bonchev–Trinajstić information content (AvgIpc) is 2.80. The van der Waals surface area contributed by atoms with Crippen molar-refractivity contribution in [2.24, 2.45) is 0 Å². The molecule has 0 saturated carbocycles. The number of hydrogen-bond donors (Lipinski definition) is 3. The minimum absolute atomic E-state index is 0.323. The molecule has 0 aliphatic carbocycles. The lowest BCUT2D eigenvalue weighted by Crippen LogP contribution is -2.48. The number of amides is 1. The molecule has 0 aliphatic rings. The molecule has 1 amide bonds. The molecule has 0 unspecified atom stereocenters. The van der Waals surface area contributed by atoms with Gasteiger partial charge < -0.3 is 24.8 Å². The summed E-state index contributed by atoms with van der Waals surface area (Å²) in [5, 5.41) is 20.5. The molecule has 0 radical (unpaired) electrons. The van der Waals surface area contributed by atoms with Crippen LogP contribution in [0.2, 0.25) is 0 Å². The first-order chi connectivity index (χ1) is 8.97. The number of aliphatic hydroxyl groups excluding tert-OH is 1. The van der Waals surface area contributed by atoms with E-state index in [4.69, 9.17) is 9.84 Å². The number of carboxylic acid groups (broad SMARTS) is 1. The quantitative estimate of drug-likeness (QED) is 0.631. The van der Waals surface area contributed by atoms with Crippen LogP contribution in [-0.4, -0.2) is 52.5 Å². The van der Waals surface area contributed by atoms with Crippen LogP contribution < -0.4 is 5.32 Å². The number of nitrogens with zero attached hydrogens (tertiary/aromatic N) is 1. The molecule has 1 aromatic rings. The fraction of sp³-hybridized carbons (Fsp3) is 0.500. The summed E-state index contributed by atoms with van der Waals surface area (Å²) in [6.45, 7) is 2.23. The molecule has 0 saturated heterocycles. The van der Waals surface area contributed by atoms with E-state index < -0.39 is 24.0 Å². The number of aliphatic hydroxyl groups is 1. The molecule has 106 valence electrons. The lowest BCUT2D eigenvalue weighted by molar-refractivity contribution is -0.141. The lowest BCUT2D eigenvalue weighted by Gasteiger charge is -2.17. The number of carbonyl (C=O) groups excluding carboxylic acids is 1. The number of carboxylic acids is 1. The molecule has 0 aromatic carbocycles. The number of rotatable bonds is 7. The minimum Gasteiger partial charge on any atom is -0.480 e. The zero-order valence-electron chi connectivity index (χ0n) is 10.9. The van der Waals surface area contributed by atoms with Crippen molar-refractivity contribution >= 4 is 11.9 Å². The second-order valence-electron chi connectivity index (χ2n) is 4.11. The molecule has 1 heterocycles. The smallest absolute Gasteiger partial charge is 0.328 e. The number of aromatic nitrogens is 1. The Morgan fingerprint density at radius 1 is 1.53 bits per heavy atom. The predicted octanol–water partition coefficient (Wildman–Crippen LogP) is -0.302. The minimum atomic E-state index is -1.33. The molecule has 0 aliphatic heterocycles. The third-order valence-electron chi connectivity index (χ3n) is 2.63. The molecule has 3 N–H and O–H groups in total. The van der Waals surface area contributed by atoms with E-state index in [2.05, 4.69) is 5.32 Å². The van der Waals surface area contributed by atoms with Crippen LogP contribution >= 0.6 is 0 Å². The number of aliphatic carboxylic acids is 1. The Balaban J connectivity index is 2.77. The Morgan fingerprint density at radius 2 is 2.21 bits per heavy atom. The average molecular weight is 270 g/mol. The van der Waals surface area contributed by atoms with E-state index in [0.29, 0.717) is 18.8 Å². The third kappa shape index (κ3) is 4.08. The van der Waals surface area contributed by atoms with Crippen LogP contribution in [0.1, 0.15) is 17.4 Å². The predicted molar refractivity (Wildman–Crippen MR) is 66.9 cm³/mol. The summed E-state index contributed by atoms with van der Waals surface area (Å²) in [6, 6.07) is 1.92. The van der Waals surface area contributed by atoms with Crippen molar-refractivity contribution < 1.29 is 24.5 Å². The number of hydrogen-bond acceptors (Lipinski definition) is 4. The molecule has 7 heteroatoms. The first-order valence-electron chi connectivity index (χ1n) is 5.83. The van der Waals surface area contributed by atoms with Crippen molar-refractivity contribution in [1.29, 1.82) is 0 Å². The van der Waals surface area contributed by atoms with Crippen molar-refractivity contribution in [1.82, 2.24) is 9.88 Å². The summed E-state index contributed by atoms with van der Waals surface area (Å²) in [4.78, 5) is 22.9. The van der Waals surface area contributed by atoms with Crippen LogP contribution in [0.3, 0.4) is 0 Å². The van der Waals surface area contributed by atoms with E-state index in [1.54, 1.807) is 30.0 Å². The Kier molecular flexibility index (Phi) is 5.53. The van der Waals surface area contributed by atoms with Gasteiger partial charge in [0.2, 0.25) is 0 Å². The topological polar surface area (TPSA) is 101 Å². The first-order valence-corrected chi connectivity index (χ1v) is 5.83. The Morgan fingerprint density at radius 3 is 2.74 bits per heavy atom. The first kappa shape index (κ1) is 15.2. The fourth-order valence-corrected chi connectivity index (χ4v) is 1.61. The summed E-state index contributed by atoms with van der Waals surface area (Å²) < 4.78 is 6.57. The maximum absolute atomic E-state index is 12.0. The fourth-order valence-electron chi connectivity index (χ4n) is 1.61. The van der Waals surface area contributed by atoms with Crippen molar-refractivity contribution in [2.45, 2.75) is 25.6 Å². The maximum atomic E-state index is 12.0. The van der Waals surface area contributed by atoms with Gasteiger partial charge in [0.25, 0.3) is 5.91 Å². The van der Waals surface area contributed by atoms with E-state index >= 15 is 0 Å². The lowest BCUT2D eigenvalue weighted by atomic mass is 10.2. The van der Waals surface area contributed by atoms with E-state index in [9.17, 15) is 14.7 Å². The number of carbonyl (C=O) groups is 2. The summed E-state index contributed by atoms with van der Waals surface area (Å²) in [6.07, 6.45) is 0.523. The molecule has 0 fully saturated rings. The molecular formula is C12H18N2O5. The summed E-state index contributed by atoms with van der Waals surface area (Å²) in [5.41, 5.74) is 0.323. The van der Waals surface area contributed by atoms with Gasteiger partial charge in [-0.2, -0.15) is 0 Å². The van der Waals surface area contributed by atoms with E-state index in [-0.39, 0.29) is 0 Å². The van der Waals surface area contributed by atoms with Gasteiger partial charge in [0, 0.05) is 19.9 Å². The molecule has 2 atom stereocenters. The van der Waals surface area contributed by atoms with Crippen LogP contribution in [-0.2, 0) is 16.1 Å². The normalized spacial score (nSPS) is 13.8. The second kappa shape index (κ2) is 6.91. The number of nitrogens with one attached hydrogen (secondary N) is 1. The molecule has 1 rings (SSSR count). The van der Waals surface area contributed by atoms with Crippen molar-refractivity contribution in [3.8, 4) is 0 Å². The van der Waals surface area contributed by atoms with Gasteiger partial charge in [0.05, 0.1) is 12.7 Å². The van der Waals surface area contributed by atoms with Gasteiger partial charge in [-0.05, 0) is 19.1 Å². The van der Waals surface area contributed by atoms with E-state index in [1.165, 1.54) is 6.92 Å². The zero-order chi connectivity index (χ0) is 14.4. The van der Waals surface area contributed by atoms with Crippen molar-refractivity contribution in [3.05, 3.63) is 24.0 Å². The van der Waals surface area contributed by atoms with Crippen LogP contribution in [0.15, 0.2) is 18.3 Å². The van der Waals surface area contributed by atoms with Gasteiger partial charge in [-0.25, -0.2) is 4.79 Å². The van der Waals surface area contributed by atoms with E-state index in [0.717, 1.165) is 0 Å². The van der Waals surface area contributed by atoms with Gasteiger partial charge in [-0.15, -0.1) is 0 Å². The molecule has 1 aromatic heterocycles. The molecule has 19 heavy (non-hydrogen) atoms. The van der Waals surface area contributed by atoms with Crippen LogP contribution in [0.5, 0.6) is 0 Å². The van der Waals surface area contributed by atoms with E-state index in [1.807, 2.05) is 0 Å². The number of methoxy groups -OCH3 is 1. The van der Waals surface area contributed by atoms with Gasteiger partial charge >= 0.3 is 5.97 Å². The highest BCUT2D eigenvalue weighted by atomic mass is 16.5. The monoisotopic (exact) mass is 270 g/mol. The SMILES string of the molecule is COCCn1cccc1C(=O)N[C@H](C(=O)O)[C@@H](C)O. The highest BCUT2D eigenvalue weighted by Gasteiger charge is 2.26. The summed E-state index contributed by atoms with van der Waals surface area (Å²) in [7, 11) is 1.55. The van der Waals surface area contributed by atoms with Crippen LogP contribution in [0.25, 0.3) is 0 Å². The number of ether oxygens (including phenoxy) is 1. The maximum Gasteiger partial charge on any atom is 0.328 e. The van der Waals surface area contributed by atoms with Crippen LogP contribution in [0, 0.1) is 0 Å². The molecule has 0 bridgehead atoms. The Hall–Kier alpha value is -1.86. The molecular weight excluding hydrogens is 252 g/mol.